The van der Waals surface area contributed by atoms with Crippen molar-refractivity contribution in [3.63, 3.8) is 0 Å². The van der Waals surface area contributed by atoms with Gasteiger partial charge in [-0.2, -0.15) is 0 Å². The number of aromatic nitrogens is 2. The Labute approximate surface area is 114 Å². The van der Waals surface area contributed by atoms with Gasteiger partial charge in [0.25, 0.3) is 0 Å². The number of hydrogen-bond acceptors (Lipinski definition) is 2. The van der Waals surface area contributed by atoms with Crippen LogP contribution in [0.15, 0.2) is 42.5 Å². The van der Waals surface area contributed by atoms with Crippen LogP contribution in [-0.4, -0.2) is 9.97 Å². The summed E-state index contributed by atoms with van der Waals surface area (Å²) in [7, 11) is 0. The minimum Gasteiger partial charge on any atom is -0.339 e. The number of fused-ring (bicyclic) bond motifs is 1. The van der Waals surface area contributed by atoms with Crippen LogP contribution in [0.25, 0.3) is 22.3 Å². The Hall–Kier alpha value is -2.07. The van der Waals surface area contributed by atoms with Crippen molar-refractivity contribution in [2.75, 3.05) is 0 Å². The van der Waals surface area contributed by atoms with Gasteiger partial charge >= 0.3 is 0 Å². The SMILES string of the molecule is Cc1ccc2c(=S)nc(-c3ccc(F)cc3)[nH]c2c1. The van der Waals surface area contributed by atoms with E-state index in [4.69, 9.17) is 12.2 Å². The first-order valence-corrected chi connectivity index (χ1v) is 6.31. The Kier molecular flexibility index (Phi) is 2.87. The molecular weight excluding hydrogens is 259 g/mol. The Morgan fingerprint density at radius 1 is 1.11 bits per heavy atom. The molecule has 19 heavy (non-hydrogen) atoms. The summed E-state index contributed by atoms with van der Waals surface area (Å²) in [6.45, 7) is 2.02. The lowest BCUT2D eigenvalue weighted by atomic mass is 10.1. The largest absolute Gasteiger partial charge is 0.339 e. The fourth-order valence-corrected chi connectivity index (χ4v) is 2.28. The number of aryl methyl sites for hydroxylation is 1. The van der Waals surface area contributed by atoms with E-state index in [-0.39, 0.29) is 5.82 Å². The topological polar surface area (TPSA) is 28.7 Å². The molecule has 0 unspecified atom stereocenters. The predicted molar refractivity (Wildman–Crippen MR) is 77.1 cm³/mol. The zero-order chi connectivity index (χ0) is 13.4. The second-order valence-corrected chi connectivity index (χ2v) is 4.83. The number of rotatable bonds is 1. The lowest BCUT2D eigenvalue weighted by molar-refractivity contribution is 0.628. The molecule has 0 fully saturated rings. The average molecular weight is 270 g/mol. The molecule has 1 heterocycles. The summed E-state index contributed by atoms with van der Waals surface area (Å²) in [5.41, 5.74) is 2.91. The quantitative estimate of drug-likeness (QED) is 0.664. The van der Waals surface area contributed by atoms with E-state index in [0.29, 0.717) is 10.5 Å². The number of halogens is 1. The molecule has 0 saturated heterocycles. The van der Waals surface area contributed by atoms with Crippen LogP contribution >= 0.6 is 12.2 Å². The van der Waals surface area contributed by atoms with Crippen LogP contribution in [0, 0.1) is 17.4 Å². The summed E-state index contributed by atoms with van der Waals surface area (Å²) in [4.78, 5) is 7.61. The molecule has 0 spiro atoms. The molecule has 1 aromatic heterocycles. The lowest BCUT2D eigenvalue weighted by Crippen LogP contribution is -1.92. The first-order valence-electron chi connectivity index (χ1n) is 5.90. The molecule has 0 amide bonds. The van der Waals surface area contributed by atoms with Gasteiger partial charge in [0.15, 0.2) is 0 Å². The smallest absolute Gasteiger partial charge is 0.139 e. The fraction of sp³-hybridized carbons (Fsp3) is 0.0667. The van der Waals surface area contributed by atoms with Crippen LogP contribution in [-0.2, 0) is 0 Å². The molecule has 0 saturated carbocycles. The van der Waals surface area contributed by atoms with Crippen molar-refractivity contribution in [2.24, 2.45) is 0 Å². The normalized spacial score (nSPS) is 10.8. The summed E-state index contributed by atoms with van der Waals surface area (Å²) in [5, 5.41) is 0.923. The molecule has 0 aliphatic rings. The van der Waals surface area contributed by atoms with Crippen molar-refractivity contribution in [1.82, 2.24) is 9.97 Å². The Morgan fingerprint density at radius 3 is 2.58 bits per heavy atom. The molecule has 94 valence electrons. The molecule has 1 N–H and O–H groups in total. The number of H-pyrrole nitrogens is 1. The number of nitrogens with one attached hydrogen (secondary N) is 1. The zero-order valence-electron chi connectivity index (χ0n) is 10.3. The minimum atomic E-state index is -0.265. The molecule has 4 heteroatoms. The van der Waals surface area contributed by atoms with Crippen molar-refractivity contribution in [3.8, 4) is 11.4 Å². The third kappa shape index (κ3) is 2.27. The highest BCUT2D eigenvalue weighted by atomic mass is 32.1. The van der Waals surface area contributed by atoms with E-state index in [0.717, 1.165) is 22.0 Å². The second kappa shape index (κ2) is 4.55. The van der Waals surface area contributed by atoms with Gasteiger partial charge in [-0.05, 0) is 48.9 Å². The van der Waals surface area contributed by atoms with E-state index >= 15 is 0 Å². The highest BCUT2D eigenvalue weighted by Gasteiger charge is 2.04. The molecule has 0 bridgehead atoms. The van der Waals surface area contributed by atoms with Crippen molar-refractivity contribution in [3.05, 3.63) is 58.5 Å². The van der Waals surface area contributed by atoms with Gasteiger partial charge in [-0.15, -0.1) is 0 Å². The van der Waals surface area contributed by atoms with Gasteiger partial charge in [0.1, 0.15) is 16.3 Å². The number of benzene rings is 2. The Balaban J connectivity index is 2.25. The van der Waals surface area contributed by atoms with Gasteiger partial charge in [-0.3, -0.25) is 0 Å². The Morgan fingerprint density at radius 2 is 1.84 bits per heavy atom. The van der Waals surface area contributed by atoms with Crippen LogP contribution < -0.4 is 0 Å². The summed E-state index contributed by atoms with van der Waals surface area (Å²) in [6.07, 6.45) is 0. The molecule has 0 atom stereocenters. The number of nitrogens with zero attached hydrogens (tertiary/aromatic N) is 1. The van der Waals surface area contributed by atoms with E-state index in [1.807, 2.05) is 25.1 Å². The molecule has 3 aromatic rings. The van der Waals surface area contributed by atoms with Gasteiger partial charge in [0, 0.05) is 10.9 Å². The molecule has 0 aliphatic carbocycles. The second-order valence-electron chi connectivity index (χ2n) is 4.45. The molecule has 2 aromatic carbocycles. The lowest BCUT2D eigenvalue weighted by Gasteiger charge is -2.05. The van der Waals surface area contributed by atoms with E-state index in [2.05, 4.69) is 9.97 Å². The number of aromatic amines is 1. The maximum Gasteiger partial charge on any atom is 0.139 e. The van der Waals surface area contributed by atoms with Gasteiger partial charge < -0.3 is 4.98 Å². The van der Waals surface area contributed by atoms with Gasteiger partial charge in [0.2, 0.25) is 0 Å². The molecule has 2 nitrogen and oxygen atoms in total. The van der Waals surface area contributed by atoms with Crippen LogP contribution in [0.2, 0.25) is 0 Å². The molecule has 0 aliphatic heterocycles. The predicted octanol–water partition coefficient (Wildman–Crippen LogP) is 4.41. The average Bonchev–Trinajstić information content (AvgIpc) is 2.38. The maximum absolute atomic E-state index is 12.9. The zero-order valence-corrected chi connectivity index (χ0v) is 11.1. The molecule has 3 rings (SSSR count). The van der Waals surface area contributed by atoms with Crippen LogP contribution in [0.3, 0.4) is 0 Å². The fourth-order valence-electron chi connectivity index (χ4n) is 2.01. The van der Waals surface area contributed by atoms with Crippen molar-refractivity contribution in [2.45, 2.75) is 6.92 Å². The van der Waals surface area contributed by atoms with E-state index in [9.17, 15) is 4.39 Å². The molecule has 0 radical (unpaired) electrons. The van der Waals surface area contributed by atoms with Crippen LogP contribution in [0.4, 0.5) is 4.39 Å². The first kappa shape index (κ1) is 12.0. The summed E-state index contributed by atoms with van der Waals surface area (Å²) in [5.74, 6) is 0.391. The van der Waals surface area contributed by atoms with Crippen molar-refractivity contribution >= 4 is 23.1 Å². The van der Waals surface area contributed by atoms with E-state index in [1.54, 1.807) is 12.1 Å². The highest BCUT2D eigenvalue weighted by Crippen LogP contribution is 2.20. The summed E-state index contributed by atoms with van der Waals surface area (Å²) >= 11 is 5.31. The van der Waals surface area contributed by atoms with E-state index < -0.39 is 0 Å². The van der Waals surface area contributed by atoms with Gasteiger partial charge in [-0.1, -0.05) is 18.3 Å². The van der Waals surface area contributed by atoms with Crippen molar-refractivity contribution in [1.29, 1.82) is 0 Å². The first-order chi connectivity index (χ1) is 9.13. The molecular formula is C15H11FN2S. The summed E-state index contributed by atoms with van der Waals surface area (Å²) < 4.78 is 13.5. The third-order valence-corrected chi connectivity index (χ3v) is 3.30. The monoisotopic (exact) mass is 270 g/mol. The highest BCUT2D eigenvalue weighted by molar-refractivity contribution is 7.71. The standard InChI is InChI=1S/C15H11FN2S/c1-9-2-7-12-13(8-9)17-14(18-15(12)19)10-3-5-11(16)6-4-10/h2-8H,1H3,(H,17,18,19). The maximum atomic E-state index is 12.9. The van der Waals surface area contributed by atoms with Crippen LogP contribution in [0.1, 0.15) is 5.56 Å². The Bertz CT molecular complexity index is 806. The summed E-state index contributed by atoms with van der Waals surface area (Å²) in [6, 6.07) is 12.2. The minimum absolute atomic E-state index is 0.265. The van der Waals surface area contributed by atoms with E-state index in [1.165, 1.54) is 12.1 Å². The van der Waals surface area contributed by atoms with Crippen LogP contribution in [0.5, 0.6) is 0 Å². The van der Waals surface area contributed by atoms with Crippen molar-refractivity contribution < 1.29 is 4.39 Å². The van der Waals surface area contributed by atoms with Gasteiger partial charge in [-0.25, -0.2) is 9.37 Å². The number of hydrogen-bond donors (Lipinski definition) is 1. The van der Waals surface area contributed by atoms with Gasteiger partial charge in [0.05, 0.1) is 5.52 Å². The third-order valence-electron chi connectivity index (χ3n) is 2.99.